The van der Waals surface area contributed by atoms with Crippen LogP contribution in [0.25, 0.3) is 0 Å². The number of carbonyl (C=O) groups excluding carboxylic acids is 2. The summed E-state index contributed by atoms with van der Waals surface area (Å²) in [5.74, 6) is 4.28. The second kappa shape index (κ2) is 4.97. The van der Waals surface area contributed by atoms with Crippen molar-refractivity contribution in [1.82, 2.24) is 0 Å². The molecule has 0 atom stereocenters. The molecule has 0 saturated carbocycles. The number of ketones is 1. The molecule has 0 aliphatic rings. The maximum atomic E-state index is 11.1. The van der Waals surface area contributed by atoms with Crippen LogP contribution in [-0.2, 0) is 9.53 Å². The molecule has 0 amide bonds. The zero-order valence-corrected chi connectivity index (χ0v) is 8.53. The molecule has 0 aromatic heterocycles. The molecule has 3 nitrogen and oxygen atoms in total. The molecule has 0 unspecified atom stereocenters. The molecule has 0 aliphatic heterocycles. The van der Waals surface area contributed by atoms with Gasteiger partial charge in [0.1, 0.15) is 0 Å². The van der Waals surface area contributed by atoms with Crippen molar-refractivity contribution in [2.24, 2.45) is 0 Å². The van der Waals surface area contributed by atoms with Crippen LogP contribution in [-0.4, -0.2) is 18.9 Å². The van der Waals surface area contributed by atoms with E-state index in [9.17, 15) is 9.59 Å². The maximum Gasteiger partial charge on any atom is 0.384 e. The van der Waals surface area contributed by atoms with Crippen LogP contribution in [0.3, 0.4) is 0 Å². The van der Waals surface area contributed by atoms with E-state index in [-0.39, 0.29) is 5.78 Å². The molecule has 1 aromatic rings. The van der Waals surface area contributed by atoms with Gasteiger partial charge in [0.25, 0.3) is 0 Å². The zero-order chi connectivity index (χ0) is 11.3. The molecule has 15 heavy (non-hydrogen) atoms. The Labute approximate surface area is 88.1 Å². The number of Topliss-reactive ketones (excluding diaryl/α,β-unsaturated/α-hetero) is 1. The van der Waals surface area contributed by atoms with E-state index in [1.807, 2.05) is 0 Å². The van der Waals surface area contributed by atoms with E-state index >= 15 is 0 Å². The Morgan fingerprint density at radius 1 is 1.33 bits per heavy atom. The lowest BCUT2D eigenvalue weighted by Crippen LogP contribution is -1.95. The lowest BCUT2D eigenvalue weighted by Gasteiger charge is -1.95. The van der Waals surface area contributed by atoms with Gasteiger partial charge in [-0.1, -0.05) is 18.1 Å². The van der Waals surface area contributed by atoms with Gasteiger partial charge in [0.2, 0.25) is 0 Å². The van der Waals surface area contributed by atoms with Gasteiger partial charge in [-0.05, 0) is 19.1 Å². The van der Waals surface area contributed by atoms with Gasteiger partial charge >= 0.3 is 5.97 Å². The fourth-order valence-corrected chi connectivity index (χ4v) is 0.990. The highest BCUT2D eigenvalue weighted by Crippen LogP contribution is 2.04. The summed E-state index contributed by atoms with van der Waals surface area (Å²) in [6, 6.07) is 6.78. The zero-order valence-electron chi connectivity index (χ0n) is 8.53. The second-order valence-electron chi connectivity index (χ2n) is 2.88. The maximum absolute atomic E-state index is 11.1. The predicted molar refractivity (Wildman–Crippen MR) is 55.3 cm³/mol. The van der Waals surface area contributed by atoms with E-state index in [2.05, 4.69) is 16.6 Å². The Balaban J connectivity index is 2.95. The van der Waals surface area contributed by atoms with Crippen molar-refractivity contribution < 1.29 is 14.3 Å². The van der Waals surface area contributed by atoms with Crippen molar-refractivity contribution in [1.29, 1.82) is 0 Å². The monoisotopic (exact) mass is 202 g/mol. The first-order valence-corrected chi connectivity index (χ1v) is 4.34. The average Bonchev–Trinajstić information content (AvgIpc) is 2.26. The topological polar surface area (TPSA) is 43.4 Å². The van der Waals surface area contributed by atoms with Gasteiger partial charge in [-0.25, -0.2) is 4.79 Å². The van der Waals surface area contributed by atoms with Gasteiger partial charge in [0.05, 0.1) is 7.11 Å². The molecule has 0 fully saturated rings. The Hall–Kier alpha value is -2.08. The lowest BCUT2D eigenvalue weighted by molar-refractivity contribution is -0.133. The van der Waals surface area contributed by atoms with Crippen LogP contribution in [0.2, 0.25) is 0 Å². The molecule has 0 spiro atoms. The Morgan fingerprint density at radius 2 is 2.07 bits per heavy atom. The lowest BCUT2D eigenvalue weighted by atomic mass is 10.1. The highest BCUT2D eigenvalue weighted by molar-refractivity contribution is 5.94. The van der Waals surface area contributed by atoms with Crippen molar-refractivity contribution in [3.05, 3.63) is 35.4 Å². The molecule has 0 radical (unpaired) electrons. The van der Waals surface area contributed by atoms with Crippen molar-refractivity contribution in [2.45, 2.75) is 6.92 Å². The minimum atomic E-state index is -0.594. The standard InChI is InChI=1S/C12H10O3/c1-9(13)11-5-3-4-10(8-11)6-7-12(14)15-2/h3-5,8H,1-2H3. The largest absolute Gasteiger partial charge is 0.459 e. The van der Waals surface area contributed by atoms with E-state index in [4.69, 9.17) is 0 Å². The van der Waals surface area contributed by atoms with Crippen molar-refractivity contribution in [3.8, 4) is 11.8 Å². The molecular weight excluding hydrogens is 192 g/mol. The van der Waals surface area contributed by atoms with Crippen molar-refractivity contribution in [2.75, 3.05) is 7.11 Å². The van der Waals surface area contributed by atoms with Crippen molar-refractivity contribution >= 4 is 11.8 Å². The van der Waals surface area contributed by atoms with E-state index < -0.39 is 5.97 Å². The molecule has 1 rings (SSSR count). The second-order valence-corrected chi connectivity index (χ2v) is 2.88. The van der Waals surface area contributed by atoms with E-state index in [1.165, 1.54) is 14.0 Å². The summed E-state index contributed by atoms with van der Waals surface area (Å²) in [5, 5.41) is 0. The van der Waals surface area contributed by atoms with Crippen molar-refractivity contribution in [3.63, 3.8) is 0 Å². The Kier molecular flexibility index (Phi) is 3.64. The fourth-order valence-electron chi connectivity index (χ4n) is 0.990. The molecule has 3 heteroatoms. The van der Waals surface area contributed by atoms with Gasteiger partial charge in [0.15, 0.2) is 5.78 Å². The number of methoxy groups -OCH3 is 1. The number of hydrogen-bond donors (Lipinski definition) is 0. The quantitative estimate of drug-likeness (QED) is 0.393. The third-order valence-electron chi connectivity index (χ3n) is 1.76. The summed E-state index contributed by atoms with van der Waals surface area (Å²) >= 11 is 0. The number of carbonyl (C=O) groups is 2. The predicted octanol–water partition coefficient (Wildman–Crippen LogP) is 1.41. The number of esters is 1. The molecule has 0 saturated heterocycles. The summed E-state index contributed by atoms with van der Waals surface area (Å²) in [4.78, 5) is 21.8. The van der Waals surface area contributed by atoms with Crippen LogP contribution >= 0.6 is 0 Å². The van der Waals surface area contributed by atoms with Crippen LogP contribution < -0.4 is 0 Å². The first kappa shape index (κ1) is 11.0. The first-order chi connectivity index (χ1) is 7.13. The average molecular weight is 202 g/mol. The van der Waals surface area contributed by atoms with E-state index in [1.54, 1.807) is 24.3 Å². The minimum Gasteiger partial charge on any atom is -0.459 e. The molecule has 0 heterocycles. The summed E-state index contributed by atoms with van der Waals surface area (Å²) < 4.78 is 4.37. The number of rotatable bonds is 1. The fraction of sp³-hybridized carbons (Fsp3) is 0.167. The third kappa shape index (κ3) is 3.28. The highest BCUT2D eigenvalue weighted by atomic mass is 16.5. The van der Waals surface area contributed by atoms with Gasteiger partial charge in [0, 0.05) is 17.0 Å². The SMILES string of the molecule is COC(=O)C#Cc1cccc(C(C)=O)c1. The van der Waals surface area contributed by atoms with Crippen LogP contribution in [0.4, 0.5) is 0 Å². The summed E-state index contributed by atoms with van der Waals surface area (Å²) in [6.45, 7) is 1.48. The van der Waals surface area contributed by atoms with Gasteiger partial charge in [-0.15, -0.1) is 0 Å². The first-order valence-electron chi connectivity index (χ1n) is 4.34. The molecule has 1 aromatic carbocycles. The third-order valence-corrected chi connectivity index (χ3v) is 1.76. The van der Waals surface area contributed by atoms with Crippen LogP contribution in [0, 0.1) is 11.8 Å². The Morgan fingerprint density at radius 3 is 2.67 bits per heavy atom. The van der Waals surface area contributed by atoms with Gasteiger partial charge in [-0.2, -0.15) is 0 Å². The number of ether oxygens (including phenoxy) is 1. The Bertz CT molecular complexity index is 449. The van der Waals surface area contributed by atoms with Crippen LogP contribution in [0.1, 0.15) is 22.8 Å². The normalized spacial score (nSPS) is 8.67. The molecule has 76 valence electrons. The molecule has 0 N–H and O–H groups in total. The molecular formula is C12H10O3. The van der Waals surface area contributed by atoms with E-state index in [0.29, 0.717) is 11.1 Å². The van der Waals surface area contributed by atoms with E-state index in [0.717, 1.165) is 0 Å². The highest BCUT2D eigenvalue weighted by Gasteiger charge is 1.98. The summed E-state index contributed by atoms with van der Waals surface area (Å²) in [6.07, 6.45) is 0. The number of hydrogen-bond acceptors (Lipinski definition) is 3. The minimum absolute atomic E-state index is 0.0308. The molecule has 0 bridgehead atoms. The summed E-state index contributed by atoms with van der Waals surface area (Å²) in [5.41, 5.74) is 1.19. The van der Waals surface area contributed by atoms with Crippen LogP contribution in [0.5, 0.6) is 0 Å². The number of benzene rings is 1. The van der Waals surface area contributed by atoms with Gasteiger partial charge in [-0.3, -0.25) is 4.79 Å². The molecule has 0 aliphatic carbocycles. The summed E-state index contributed by atoms with van der Waals surface area (Å²) in [7, 11) is 1.27. The van der Waals surface area contributed by atoms with Gasteiger partial charge < -0.3 is 4.74 Å². The van der Waals surface area contributed by atoms with Crippen LogP contribution in [0.15, 0.2) is 24.3 Å². The smallest absolute Gasteiger partial charge is 0.384 e.